The standard InChI is InChI=1S/C35H38N4O8S/c1-5-46-29-17-13-28(14-18-29)39(48(42,43)31-19-20-32(44-3)33(21-31)45-4)23-34(40)38-36-22-26-11-15-30(16-12-26)47-24-35(41)37-25(2)27-9-7-6-8-10-27/h6-22,25H,5,23-24H2,1-4H3,(H,37,41)(H,38,40)/b36-22-/t25-/m0/s1. The zero-order valence-electron chi connectivity index (χ0n) is 27.1. The van der Waals surface area contributed by atoms with E-state index in [2.05, 4.69) is 15.8 Å². The molecule has 0 spiro atoms. The highest BCUT2D eigenvalue weighted by atomic mass is 32.2. The highest BCUT2D eigenvalue weighted by Crippen LogP contribution is 2.32. The third kappa shape index (κ3) is 9.48. The van der Waals surface area contributed by atoms with Crippen LogP contribution in [0.1, 0.15) is 31.0 Å². The second kappa shape index (κ2) is 16.8. The topological polar surface area (TPSA) is 145 Å². The first kappa shape index (κ1) is 35.3. The molecule has 1 atom stereocenters. The van der Waals surface area contributed by atoms with Gasteiger partial charge in [0.2, 0.25) is 0 Å². The Morgan fingerprint density at radius 2 is 1.48 bits per heavy atom. The van der Waals surface area contributed by atoms with E-state index >= 15 is 0 Å². The van der Waals surface area contributed by atoms with Crippen molar-refractivity contribution < 1.29 is 37.0 Å². The number of carbonyl (C=O) groups excluding carboxylic acids is 2. The van der Waals surface area contributed by atoms with Crippen LogP contribution in [0.4, 0.5) is 5.69 Å². The molecule has 48 heavy (non-hydrogen) atoms. The van der Waals surface area contributed by atoms with E-state index in [9.17, 15) is 18.0 Å². The molecule has 0 fully saturated rings. The van der Waals surface area contributed by atoms with Crippen molar-refractivity contribution in [2.75, 3.05) is 38.3 Å². The maximum absolute atomic E-state index is 13.8. The molecule has 0 saturated heterocycles. The van der Waals surface area contributed by atoms with Crippen LogP contribution >= 0.6 is 0 Å². The summed E-state index contributed by atoms with van der Waals surface area (Å²) >= 11 is 0. The number of sulfonamides is 1. The third-order valence-electron chi connectivity index (χ3n) is 7.00. The van der Waals surface area contributed by atoms with Crippen LogP contribution in [-0.4, -0.2) is 60.4 Å². The first-order valence-electron chi connectivity index (χ1n) is 15.0. The minimum absolute atomic E-state index is 0.101. The second-order valence-electron chi connectivity index (χ2n) is 10.3. The molecular weight excluding hydrogens is 636 g/mol. The number of nitrogens with one attached hydrogen (secondary N) is 2. The van der Waals surface area contributed by atoms with Crippen LogP contribution in [0.2, 0.25) is 0 Å². The monoisotopic (exact) mass is 674 g/mol. The summed E-state index contributed by atoms with van der Waals surface area (Å²) in [4.78, 5) is 25.2. The molecule has 12 nitrogen and oxygen atoms in total. The predicted molar refractivity (Wildman–Crippen MR) is 182 cm³/mol. The summed E-state index contributed by atoms with van der Waals surface area (Å²) in [5.41, 5.74) is 4.25. The predicted octanol–water partition coefficient (Wildman–Crippen LogP) is 4.70. The lowest BCUT2D eigenvalue weighted by molar-refractivity contribution is -0.123. The average molecular weight is 675 g/mol. The van der Waals surface area contributed by atoms with E-state index in [-0.39, 0.29) is 34.9 Å². The molecule has 0 bridgehead atoms. The van der Waals surface area contributed by atoms with Crippen LogP contribution in [0.15, 0.2) is 107 Å². The van der Waals surface area contributed by atoms with Gasteiger partial charge in [0.1, 0.15) is 18.0 Å². The summed E-state index contributed by atoms with van der Waals surface area (Å²) in [5, 5.41) is 6.88. The van der Waals surface area contributed by atoms with Crippen LogP contribution in [0, 0.1) is 0 Å². The van der Waals surface area contributed by atoms with E-state index < -0.39 is 22.5 Å². The van der Waals surface area contributed by atoms with Gasteiger partial charge in [-0.05, 0) is 85.6 Å². The van der Waals surface area contributed by atoms with Crippen molar-refractivity contribution in [3.8, 4) is 23.0 Å². The molecule has 0 heterocycles. The number of benzene rings is 4. The second-order valence-corrected chi connectivity index (χ2v) is 12.2. The molecule has 13 heteroatoms. The van der Waals surface area contributed by atoms with Crippen molar-refractivity contribution in [1.29, 1.82) is 0 Å². The number of anilines is 1. The molecule has 0 aromatic heterocycles. The van der Waals surface area contributed by atoms with Gasteiger partial charge < -0.3 is 24.3 Å². The van der Waals surface area contributed by atoms with Gasteiger partial charge >= 0.3 is 0 Å². The third-order valence-corrected chi connectivity index (χ3v) is 8.77. The molecule has 2 N–H and O–H groups in total. The number of ether oxygens (including phenoxy) is 4. The van der Waals surface area contributed by atoms with Crippen LogP contribution < -0.4 is 34.0 Å². The van der Waals surface area contributed by atoms with E-state index in [1.54, 1.807) is 48.5 Å². The lowest BCUT2D eigenvalue weighted by Crippen LogP contribution is -2.39. The lowest BCUT2D eigenvalue weighted by Gasteiger charge is -2.24. The molecule has 4 aromatic carbocycles. The number of amides is 2. The number of nitrogens with zero attached hydrogens (tertiary/aromatic N) is 2. The van der Waals surface area contributed by atoms with E-state index in [0.29, 0.717) is 29.4 Å². The van der Waals surface area contributed by atoms with Crippen molar-refractivity contribution in [3.63, 3.8) is 0 Å². The molecule has 0 aliphatic rings. The van der Waals surface area contributed by atoms with Crippen LogP contribution in [-0.2, 0) is 19.6 Å². The van der Waals surface area contributed by atoms with Gasteiger partial charge in [-0.3, -0.25) is 13.9 Å². The molecule has 0 saturated carbocycles. The van der Waals surface area contributed by atoms with Crippen molar-refractivity contribution in [2.24, 2.45) is 5.10 Å². The Hall–Kier alpha value is -5.56. The first-order chi connectivity index (χ1) is 23.1. The van der Waals surface area contributed by atoms with Crippen LogP contribution in [0.25, 0.3) is 0 Å². The smallest absolute Gasteiger partial charge is 0.264 e. The minimum atomic E-state index is -4.24. The highest BCUT2D eigenvalue weighted by molar-refractivity contribution is 7.92. The van der Waals surface area contributed by atoms with Gasteiger partial charge in [0, 0.05) is 6.07 Å². The molecule has 2 amide bonds. The Bertz CT molecular complexity index is 1800. The zero-order valence-corrected chi connectivity index (χ0v) is 27.9. The molecule has 4 rings (SSSR count). The van der Waals surface area contributed by atoms with Crippen molar-refractivity contribution in [1.82, 2.24) is 10.7 Å². The largest absolute Gasteiger partial charge is 0.494 e. The zero-order chi connectivity index (χ0) is 34.5. The number of rotatable bonds is 16. The Morgan fingerprint density at radius 3 is 2.12 bits per heavy atom. The van der Waals surface area contributed by atoms with Gasteiger partial charge in [-0.25, -0.2) is 13.8 Å². The van der Waals surface area contributed by atoms with Gasteiger partial charge in [-0.2, -0.15) is 5.10 Å². The van der Waals surface area contributed by atoms with Gasteiger partial charge in [0.05, 0.1) is 43.7 Å². The van der Waals surface area contributed by atoms with Crippen molar-refractivity contribution >= 4 is 33.7 Å². The summed E-state index contributed by atoms with van der Waals surface area (Å²) in [6.45, 7) is 3.45. The molecule has 4 aromatic rings. The summed E-state index contributed by atoms with van der Waals surface area (Å²) in [6, 6.07) is 26.7. The Balaban J connectivity index is 1.39. The van der Waals surface area contributed by atoms with Crippen molar-refractivity contribution in [2.45, 2.75) is 24.8 Å². The molecule has 0 aliphatic carbocycles. The van der Waals surface area contributed by atoms with Gasteiger partial charge in [0.15, 0.2) is 18.1 Å². The minimum Gasteiger partial charge on any atom is -0.494 e. The maximum Gasteiger partial charge on any atom is 0.264 e. The molecular formula is C35H38N4O8S. The van der Waals surface area contributed by atoms with Crippen LogP contribution in [0.5, 0.6) is 23.0 Å². The van der Waals surface area contributed by atoms with E-state index in [1.807, 2.05) is 44.2 Å². The lowest BCUT2D eigenvalue weighted by atomic mass is 10.1. The Kier molecular flexibility index (Phi) is 12.4. The number of carbonyl (C=O) groups is 2. The van der Waals surface area contributed by atoms with E-state index in [4.69, 9.17) is 18.9 Å². The van der Waals surface area contributed by atoms with E-state index in [1.165, 1.54) is 38.6 Å². The number of hydrogen-bond donors (Lipinski definition) is 2. The Labute approximate surface area is 280 Å². The number of hydrazone groups is 1. The van der Waals surface area contributed by atoms with E-state index in [0.717, 1.165) is 9.87 Å². The fraction of sp³-hybridized carbons (Fsp3) is 0.229. The first-order valence-corrected chi connectivity index (χ1v) is 16.4. The molecule has 0 aliphatic heterocycles. The average Bonchev–Trinajstić information content (AvgIpc) is 3.10. The SMILES string of the molecule is CCOc1ccc(N(CC(=O)N/N=C\c2ccc(OCC(=O)N[C@@H](C)c3ccccc3)cc2)S(=O)(=O)c2ccc(OC)c(OC)c2)cc1. The quantitative estimate of drug-likeness (QED) is 0.129. The van der Waals surface area contributed by atoms with Crippen LogP contribution in [0.3, 0.4) is 0 Å². The molecule has 0 unspecified atom stereocenters. The molecule has 0 radical (unpaired) electrons. The fourth-order valence-corrected chi connectivity index (χ4v) is 5.98. The van der Waals surface area contributed by atoms with Gasteiger partial charge in [-0.1, -0.05) is 30.3 Å². The fourth-order valence-electron chi connectivity index (χ4n) is 4.55. The summed E-state index contributed by atoms with van der Waals surface area (Å²) < 4.78 is 50.2. The Morgan fingerprint density at radius 1 is 0.833 bits per heavy atom. The maximum atomic E-state index is 13.8. The van der Waals surface area contributed by atoms with Gasteiger partial charge in [0.25, 0.3) is 21.8 Å². The molecule has 252 valence electrons. The van der Waals surface area contributed by atoms with Gasteiger partial charge in [-0.15, -0.1) is 0 Å². The highest BCUT2D eigenvalue weighted by Gasteiger charge is 2.28. The summed E-state index contributed by atoms with van der Waals surface area (Å²) in [5.74, 6) is 0.666. The summed E-state index contributed by atoms with van der Waals surface area (Å²) in [6.07, 6.45) is 1.40. The normalized spacial score (nSPS) is 11.8. The number of hydrogen-bond acceptors (Lipinski definition) is 9. The summed E-state index contributed by atoms with van der Waals surface area (Å²) in [7, 11) is -1.40. The van der Waals surface area contributed by atoms with Crippen molar-refractivity contribution in [3.05, 3.63) is 108 Å². The number of methoxy groups -OCH3 is 2.